The quantitative estimate of drug-likeness (QED) is 0.381. The van der Waals surface area contributed by atoms with Crippen molar-refractivity contribution in [1.82, 2.24) is 4.98 Å². The van der Waals surface area contributed by atoms with Crippen molar-refractivity contribution in [1.29, 1.82) is 0 Å². The van der Waals surface area contributed by atoms with Crippen molar-refractivity contribution in [2.24, 2.45) is 0 Å². The molecule has 0 spiro atoms. The van der Waals surface area contributed by atoms with Crippen molar-refractivity contribution in [3.05, 3.63) is 70.4 Å². The molecule has 1 unspecified atom stereocenters. The lowest BCUT2D eigenvalue weighted by molar-refractivity contribution is -0.274. The first-order valence-corrected chi connectivity index (χ1v) is 12.6. The van der Waals surface area contributed by atoms with Gasteiger partial charge in [0.05, 0.1) is 6.42 Å². The summed E-state index contributed by atoms with van der Waals surface area (Å²) in [4.78, 5) is 16.6. The number of aromatic nitrogens is 1. The smallest absolute Gasteiger partial charge is 0.481 e. The van der Waals surface area contributed by atoms with Gasteiger partial charge in [0.25, 0.3) is 0 Å². The largest absolute Gasteiger partial charge is 0.573 e. The highest BCUT2D eigenvalue weighted by atomic mass is 32.2. The normalized spacial score (nSPS) is 18.6. The Morgan fingerprint density at radius 3 is 2.61 bits per heavy atom. The first-order chi connectivity index (χ1) is 17.1. The standard InChI is InChI=1S/C27H24F3NO4S/c1-14-8-17(35-27(28,29)30)9-15(2)26(14)20-5-3-4-19-18(20)6-7-22(19)34-24-11-23-21(12-31-24)16(13-36-23)10-25(32)33/h3-5,8-9,11-12,16,22H,6-7,10,13H2,1-2H3,(H,32,33)/t16-,22?/m1/s1. The van der Waals surface area contributed by atoms with Crippen LogP contribution in [0.4, 0.5) is 13.2 Å². The van der Waals surface area contributed by atoms with Crippen LogP contribution in [0.5, 0.6) is 11.6 Å². The van der Waals surface area contributed by atoms with Crippen LogP contribution in [-0.2, 0) is 11.2 Å². The second-order valence-electron chi connectivity index (χ2n) is 9.16. The average Bonchev–Trinajstić information content (AvgIpc) is 3.36. The van der Waals surface area contributed by atoms with Crippen LogP contribution in [0.25, 0.3) is 11.1 Å². The summed E-state index contributed by atoms with van der Waals surface area (Å²) in [6, 6.07) is 10.7. The third kappa shape index (κ3) is 4.89. The van der Waals surface area contributed by atoms with Crippen LogP contribution >= 0.6 is 11.8 Å². The number of nitrogens with zero attached hydrogens (tertiary/aromatic N) is 1. The van der Waals surface area contributed by atoms with Gasteiger partial charge in [0, 0.05) is 28.8 Å². The number of thioether (sulfide) groups is 1. The fourth-order valence-electron chi connectivity index (χ4n) is 5.25. The van der Waals surface area contributed by atoms with Gasteiger partial charge in [-0.2, -0.15) is 0 Å². The number of hydrogen-bond donors (Lipinski definition) is 1. The number of hydrogen-bond acceptors (Lipinski definition) is 5. The fraction of sp³-hybridized carbons (Fsp3) is 0.333. The third-order valence-electron chi connectivity index (χ3n) is 6.66. The Labute approximate surface area is 210 Å². The van der Waals surface area contributed by atoms with Gasteiger partial charge in [0.2, 0.25) is 5.88 Å². The molecule has 1 aliphatic carbocycles. The van der Waals surface area contributed by atoms with Gasteiger partial charge in [-0.1, -0.05) is 18.2 Å². The first kappa shape index (κ1) is 24.5. The minimum absolute atomic E-state index is 0.0433. The van der Waals surface area contributed by atoms with E-state index in [9.17, 15) is 18.0 Å². The molecule has 0 saturated carbocycles. The van der Waals surface area contributed by atoms with Crippen molar-refractivity contribution in [2.45, 2.75) is 56.4 Å². The van der Waals surface area contributed by atoms with Crippen molar-refractivity contribution >= 4 is 17.7 Å². The number of aliphatic carboxylic acids is 1. The first-order valence-electron chi connectivity index (χ1n) is 11.6. The Bertz CT molecular complexity index is 1320. The number of aryl methyl sites for hydroxylation is 2. The zero-order valence-corrected chi connectivity index (χ0v) is 20.5. The van der Waals surface area contributed by atoms with E-state index in [-0.39, 0.29) is 24.2 Å². The van der Waals surface area contributed by atoms with E-state index < -0.39 is 12.3 Å². The van der Waals surface area contributed by atoms with Gasteiger partial charge in [-0.05, 0) is 77.8 Å². The number of carboxylic acids is 1. The number of carbonyl (C=O) groups is 1. The Morgan fingerprint density at radius 1 is 1.17 bits per heavy atom. The molecule has 5 nitrogen and oxygen atoms in total. The second-order valence-corrected chi connectivity index (χ2v) is 10.2. The van der Waals surface area contributed by atoms with Crippen LogP contribution in [0.3, 0.4) is 0 Å². The fourth-order valence-corrected chi connectivity index (χ4v) is 6.49. The maximum absolute atomic E-state index is 12.7. The molecule has 2 aromatic carbocycles. The molecule has 1 aromatic heterocycles. The molecule has 5 rings (SSSR count). The Balaban J connectivity index is 1.40. The van der Waals surface area contributed by atoms with Crippen LogP contribution in [-0.4, -0.2) is 28.2 Å². The molecular formula is C27H24F3NO4S. The summed E-state index contributed by atoms with van der Waals surface area (Å²) in [5.41, 5.74) is 6.42. The van der Waals surface area contributed by atoms with Crippen LogP contribution in [0.2, 0.25) is 0 Å². The van der Waals surface area contributed by atoms with Gasteiger partial charge >= 0.3 is 12.3 Å². The molecule has 188 valence electrons. The molecule has 9 heteroatoms. The van der Waals surface area contributed by atoms with E-state index in [0.717, 1.165) is 45.6 Å². The molecule has 1 N–H and O–H groups in total. The average molecular weight is 516 g/mol. The lowest BCUT2D eigenvalue weighted by Gasteiger charge is -2.18. The highest BCUT2D eigenvalue weighted by Crippen LogP contribution is 2.45. The van der Waals surface area contributed by atoms with Gasteiger partial charge < -0.3 is 14.6 Å². The summed E-state index contributed by atoms with van der Waals surface area (Å²) >= 11 is 1.62. The number of ether oxygens (including phenoxy) is 2. The zero-order chi connectivity index (χ0) is 25.6. The van der Waals surface area contributed by atoms with E-state index in [0.29, 0.717) is 22.8 Å². The lowest BCUT2D eigenvalue weighted by atomic mass is 9.90. The zero-order valence-electron chi connectivity index (χ0n) is 19.7. The molecule has 0 radical (unpaired) electrons. The van der Waals surface area contributed by atoms with E-state index in [1.807, 2.05) is 24.3 Å². The highest BCUT2D eigenvalue weighted by Gasteiger charge is 2.32. The van der Waals surface area contributed by atoms with E-state index in [1.165, 1.54) is 12.1 Å². The molecule has 1 aliphatic heterocycles. The van der Waals surface area contributed by atoms with E-state index in [4.69, 9.17) is 9.84 Å². The molecule has 2 atom stereocenters. The third-order valence-corrected chi connectivity index (χ3v) is 7.89. The number of alkyl halides is 3. The van der Waals surface area contributed by atoms with E-state index >= 15 is 0 Å². The van der Waals surface area contributed by atoms with Crippen molar-refractivity contribution in [3.8, 4) is 22.8 Å². The van der Waals surface area contributed by atoms with Gasteiger partial charge in [-0.3, -0.25) is 4.79 Å². The summed E-state index contributed by atoms with van der Waals surface area (Å²) in [5, 5.41) is 9.13. The summed E-state index contributed by atoms with van der Waals surface area (Å²) in [7, 11) is 0. The summed E-state index contributed by atoms with van der Waals surface area (Å²) in [6.07, 6.45) is -1.59. The van der Waals surface area contributed by atoms with Crippen LogP contribution < -0.4 is 9.47 Å². The minimum atomic E-state index is -4.74. The molecule has 0 amide bonds. The number of halogens is 3. The molecular weight excluding hydrogens is 491 g/mol. The molecule has 0 saturated heterocycles. The minimum Gasteiger partial charge on any atom is -0.481 e. The molecule has 3 aromatic rings. The molecule has 2 heterocycles. The van der Waals surface area contributed by atoms with Crippen LogP contribution in [0.15, 0.2) is 47.5 Å². The number of rotatable bonds is 6. The lowest BCUT2D eigenvalue weighted by Crippen LogP contribution is -2.17. The predicted octanol–water partition coefficient (Wildman–Crippen LogP) is 6.99. The number of fused-ring (bicyclic) bond motifs is 2. The second kappa shape index (κ2) is 9.35. The summed E-state index contributed by atoms with van der Waals surface area (Å²) in [5.74, 6) is 0.134. The van der Waals surface area contributed by atoms with Gasteiger partial charge in [0.1, 0.15) is 11.9 Å². The highest BCUT2D eigenvalue weighted by molar-refractivity contribution is 7.99. The maximum Gasteiger partial charge on any atom is 0.573 e. The van der Waals surface area contributed by atoms with Crippen LogP contribution in [0.1, 0.15) is 52.7 Å². The Kier molecular flexibility index (Phi) is 6.36. The van der Waals surface area contributed by atoms with Crippen molar-refractivity contribution < 1.29 is 32.5 Å². The van der Waals surface area contributed by atoms with Crippen molar-refractivity contribution in [2.75, 3.05) is 5.75 Å². The van der Waals surface area contributed by atoms with E-state index in [1.54, 1.807) is 31.8 Å². The number of pyridine rings is 1. The molecule has 0 bridgehead atoms. The molecule has 36 heavy (non-hydrogen) atoms. The predicted molar refractivity (Wildman–Crippen MR) is 130 cm³/mol. The SMILES string of the molecule is Cc1cc(OC(F)(F)F)cc(C)c1-c1cccc2c1CCC2Oc1cc2c(cn1)[C@H](CC(=O)O)CS2. The Hall–Kier alpha value is -3.20. The maximum atomic E-state index is 12.7. The van der Waals surface area contributed by atoms with Crippen molar-refractivity contribution in [3.63, 3.8) is 0 Å². The molecule has 2 aliphatic rings. The van der Waals surface area contributed by atoms with Gasteiger partial charge in [0.15, 0.2) is 0 Å². The topological polar surface area (TPSA) is 68.7 Å². The van der Waals surface area contributed by atoms with Crippen LogP contribution in [0, 0.1) is 13.8 Å². The number of benzene rings is 2. The van der Waals surface area contributed by atoms with Gasteiger partial charge in [-0.25, -0.2) is 4.98 Å². The number of carboxylic acid groups (broad SMARTS) is 1. The monoisotopic (exact) mass is 515 g/mol. The summed E-state index contributed by atoms with van der Waals surface area (Å²) in [6.45, 7) is 3.58. The van der Waals surface area contributed by atoms with Gasteiger partial charge in [-0.15, -0.1) is 24.9 Å². The Morgan fingerprint density at radius 2 is 1.92 bits per heavy atom. The van der Waals surface area contributed by atoms with E-state index in [2.05, 4.69) is 9.72 Å². The summed E-state index contributed by atoms with van der Waals surface area (Å²) < 4.78 is 48.5. The molecule has 0 fully saturated rings.